The number of phenols is 1. The van der Waals surface area contributed by atoms with Crippen molar-refractivity contribution in [2.75, 3.05) is 0 Å². The monoisotopic (exact) mass is 470 g/mol. The highest BCUT2D eigenvalue weighted by Crippen LogP contribution is 2.30. The smallest absolute Gasteiger partial charge is 0.281 e. The summed E-state index contributed by atoms with van der Waals surface area (Å²) in [6.45, 7) is 0. The summed E-state index contributed by atoms with van der Waals surface area (Å²) in [7, 11) is 0. The minimum absolute atomic E-state index is 0.0160. The highest BCUT2D eigenvalue weighted by Gasteiger charge is 2.39. The zero-order valence-corrected chi connectivity index (χ0v) is 19.0. The number of hydrazone groups is 1. The fourth-order valence-corrected chi connectivity index (χ4v) is 3.91. The van der Waals surface area contributed by atoms with Gasteiger partial charge in [0.1, 0.15) is 5.75 Å². The van der Waals surface area contributed by atoms with E-state index in [0.29, 0.717) is 28.1 Å². The number of carbonyl (C=O) groups excluding carboxylic acids is 1. The lowest BCUT2D eigenvalue weighted by molar-refractivity contribution is -0.136. The van der Waals surface area contributed by atoms with Crippen LogP contribution in [0.1, 0.15) is 27.8 Å². The Bertz CT molecular complexity index is 1270. The average Bonchev–Trinajstić information content (AvgIpc) is 2.87. The molecule has 0 saturated carbocycles. The molecule has 0 aliphatic heterocycles. The lowest BCUT2D eigenvalue weighted by atomic mass is 9.85. The Morgan fingerprint density at radius 1 is 0.882 bits per heavy atom. The first kappa shape index (κ1) is 23.2. The number of aromatic hydroxyl groups is 1. The van der Waals surface area contributed by atoms with E-state index in [9.17, 15) is 15.0 Å². The Balaban J connectivity index is 1.56. The second kappa shape index (κ2) is 10.3. The summed E-state index contributed by atoms with van der Waals surface area (Å²) in [4.78, 5) is 13.1. The van der Waals surface area contributed by atoms with Crippen LogP contribution in [0, 0.1) is 0 Å². The van der Waals surface area contributed by atoms with Gasteiger partial charge in [0.05, 0.1) is 6.21 Å². The molecule has 6 heteroatoms. The summed E-state index contributed by atoms with van der Waals surface area (Å²) in [5.74, 6) is -0.699. The van der Waals surface area contributed by atoms with Crippen molar-refractivity contribution in [3.05, 3.63) is 136 Å². The standard InChI is InChI=1S/C28H23ClN2O3/c29-25-14-8-7-9-21(25)17-20-15-16-26(32)22(18-20)19-30-31-27(33)28(34,23-10-3-1-4-11-23)24-12-5-2-6-13-24/h1-16,18-19,32,34H,17H2,(H,31,33)/b30-19+. The third kappa shape index (κ3) is 5.01. The van der Waals surface area contributed by atoms with E-state index in [4.69, 9.17) is 11.6 Å². The molecule has 0 saturated heterocycles. The van der Waals surface area contributed by atoms with Crippen LogP contribution in [0.5, 0.6) is 5.75 Å². The van der Waals surface area contributed by atoms with Gasteiger partial charge < -0.3 is 10.2 Å². The van der Waals surface area contributed by atoms with E-state index >= 15 is 0 Å². The topological polar surface area (TPSA) is 81.9 Å². The van der Waals surface area contributed by atoms with Gasteiger partial charge in [0.15, 0.2) is 5.60 Å². The number of carbonyl (C=O) groups is 1. The van der Waals surface area contributed by atoms with E-state index < -0.39 is 11.5 Å². The highest BCUT2D eigenvalue weighted by molar-refractivity contribution is 6.31. The average molecular weight is 471 g/mol. The fourth-order valence-electron chi connectivity index (χ4n) is 3.71. The van der Waals surface area contributed by atoms with Crippen molar-refractivity contribution in [2.24, 2.45) is 5.10 Å². The van der Waals surface area contributed by atoms with Crippen LogP contribution in [-0.2, 0) is 16.8 Å². The van der Waals surface area contributed by atoms with Crippen LogP contribution in [0.3, 0.4) is 0 Å². The molecule has 4 rings (SSSR count). The first-order valence-electron chi connectivity index (χ1n) is 10.7. The second-order valence-electron chi connectivity index (χ2n) is 7.80. The number of nitrogens with one attached hydrogen (secondary N) is 1. The zero-order chi connectivity index (χ0) is 24.0. The molecule has 0 fully saturated rings. The van der Waals surface area contributed by atoms with Crippen molar-refractivity contribution in [3.8, 4) is 5.75 Å². The minimum Gasteiger partial charge on any atom is -0.507 e. The third-order valence-electron chi connectivity index (χ3n) is 5.53. The predicted octanol–water partition coefficient (Wildman–Crippen LogP) is 5.02. The van der Waals surface area contributed by atoms with Crippen LogP contribution in [0.25, 0.3) is 0 Å². The quantitative estimate of drug-likeness (QED) is 0.262. The molecule has 0 unspecified atom stereocenters. The summed E-state index contributed by atoms with van der Waals surface area (Å²) < 4.78 is 0. The normalized spacial score (nSPS) is 11.5. The molecule has 3 N–H and O–H groups in total. The molecule has 0 bridgehead atoms. The number of aliphatic hydroxyl groups is 1. The molecule has 170 valence electrons. The van der Waals surface area contributed by atoms with Crippen molar-refractivity contribution in [2.45, 2.75) is 12.0 Å². The largest absolute Gasteiger partial charge is 0.507 e. The van der Waals surface area contributed by atoms with E-state index in [1.54, 1.807) is 66.7 Å². The van der Waals surface area contributed by atoms with Gasteiger partial charge in [-0.1, -0.05) is 96.5 Å². The van der Waals surface area contributed by atoms with Crippen LogP contribution in [-0.4, -0.2) is 22.3 Å². The molecule has 0 spiro atoms. The Hall–Kier alpha value is -3.93. The molecular weight excluding hydrogens is 448 g/mol. The molecule has 0 atom stereocenters. The van der Waals surface area contributed by atoms with Gasteiger partial charge in [-0.15, -0.1) is 0 Å². The van der Waals surface area contributed by atoms with Crippen LogP contribution >= 0.6 is 11.6 Å². The van der Waals surface area contributed by atoms with E-state index in [-0.39, 0.29) is 5.75 Å². The summed E-state index contributed by atoms with van der Waals surface area (Å²) in [6, 6.07) is 30.1. The number of hydrogen-bond donors (Lipinski definition) is 3. The van der Waals surface area contributed by atoms with Gasteiger partial charge in [-0.2, -0.15) is 5.10 Å². The minimum atomic E-state index is -1.94. The first-order valence-corrected chi connectivity index (χ1v) is 11.1. The summed E-state index contributed by atoms with van der Waals surface area (Å²) in [5.41, 5.74) is 3.62. The highest BCUT2D eigenvalue weighted by atomic mass is 35.5. The lowest BCUT2D eigenvalue weighted by Gasteiger charge is -2.27. The predicted molar refractivity (Wildman–Crippen MR) is 134 cm³/mol. The van der Waals surface area contributed by atoms with Crippen LogP contribution in [0.15, 0.2) is 108 Å². The molecule has 0 aliphatic carbocycles. The number of hydrogen-bond acceptors (Lipinski definition) is 4. The second-order valence-corrected chi connectivity index (χ2v) is 8.21. The summed E-state index contributed by atoms with van der Waals surface area (Å²) >= 11 is 6.26. The maximum absolute atomic E-state index is 13.1. The molecule has 0 heterocycles. The zero-order valence-electron chi connectivity index (χ0n) is 18.2. The molecule has 4 aromatic rings. The van der Waals surface area contributed by atoms with Gasteiger partial charge in [-0.05, 0) is 46.9 Å². The number of benzene rings is 4. The Kier molecular flexibility index (Phi) is 7.07. The third-order valence-corrected chi connectivity index (χ3v) is 5.89. The van der Waals surface area contributed by atoms with Crippen molar-refractivity contribution >= 4 is 23.7 Å². The molecule has 5 nitrogen and oxygen atoms in total. The number of nitrogens with zero attached hydrogens (tertiary/aromatic N) is 1. The van der Waals surface area contributed by atoms with Crippen molar-refractivity contribution < 1.29 is 15.0 Å². The number of amides is 1. The van der Waals surface area contributed by atoms with Gasteiger partial charge in [-0.3, -0.25) is 4.79 Å². The van der Waals surface area contributed by atoms with E-state index in [0.717, 1.165) is 11.1 Å². The Morgan fingerprint density at radius 2 is 1.47 bits per heavy atom. The molecule has 0 aromatic heterocycles. The number of rotatable bonds is 7. The number of halogens is 1. The molecule has 1 amide bonds. The Morgan fingerprint density at radius 3 is 2.09 bits per heavy atom. The van der Waals surface area contributed by atoms with Crippen molar-refractivity contribution in [3.63, 3.8) is 0 Å². The maximum atomic E-state index is 13.1. The molecule has 4 aromatic carbocycles. The van der Waals surface area contributed by atoms with Crippen molar-refractivity contribution in [1.82, 2.24) is 5.43 Å². The lowest BCUT2D eigenvalue weighted by Crippen LogP contribution is -2.43. The van der Waals surface area contributed by atoms with Gasteiger partial charge in [0, 0.05) is 10.6 Å². The maximum Gasteiger partial charge on any atom is 0.281 e. The molecule has 0 aliphatic rings. The van der Waals surface area contributed by atoms with Crippen LogP contribution in [0.2, 0.25) is 5.02 Å². The molecular formula is C28H23ClN2O3. The SMILES string of the molecule is O=C(N/N=C/c1cc(Cc2ccccc2Cl)ccc1O)C(O)(c1ccccc1)c1ccccc1. The summed E-state index contributed by atoms with van der Waals surface area (Å²) in [5, 5.41) is 26.4. The summed E-state index contributed by atoms with van der Waals surface area (Å²) in [6.07, 6.45) is 1.93. The molecule has 34 heavy (non-hydrogen) atoms. The van der Waals surface area contributed by atoms with Crippen LogP contribution < -0.4 is 5.43 Å². The molecule has 0 radical (unpaired) electrons. The first-order chi connectivity index (χ1) is 16.5. The fraction of sp³-hybridized carbons (Fsp3) is 0.0714. The van der Waals surface area contributed by atoms with Crippen molar-refractivity contribution in [1.29, 1.82) is 0 Å². The van der Waals surface area contributed by atoms with E-state index in [2.05, 4.69) is 10.5 Å². The van der Waals surface area contributed by atoms with Gasteiger partial charge >= 0.3 is 0 Å². The van der Waals surface area contributed by atoms with Gasteiger partial charge in [-0.25, -0.2) is 5.43 Å². The van der Waals surface area contributed by atoms with Crippen LogP contribution in [0.4, 0.5) is 0 Å². The Labute approximate surface area is 203 Å². The van der Waals surface area contributed by atoms with Gasteiger partial charge in [0.25, 0.3) is 5.91 Å². The van der Waals surface area contributed by atoms with E-state index in [1.807, 2.05) is 36.4 Å². The van der Waals surface area contributed by atoms with E-state index in [1.165, 1.54) is 6.21 Å². The van der Waals surface area contributed by atoms with Gasteiger partial charge in [0.2, 0.25) is 0 Å². The number of phenolic OH excluding ortho intramolecular Hbond substituents is 1.